The average Bonchev–Trinajstić information content (AvgIpc) is 2.18. The van der Waals surface area contributed by atoms with Crippen LogP contribution in [-0.4, -0.2) is 24.3 Å². The number of rotatable bonds is 3. The standard InChI is InChI=1S/C12H13F3N2/c1-9(2)10-4-5-17(8-12(13,14)15)11(6-10)7-16-3/h4-7H,1,3,8H2,2H3/b11-7-. The Hall–Kier alpha value is -1.78. The van der Waals surface area contributed by atoms with Crippen molar-refractivity contribution in [3.05, 3.63) is 48.0 Å². The lowest BCUT2D eigenvalue weighted by molar-refractivity contribution is -0.136. The molecule has 1 aliphatic rings. The van der Waals surface area contributed by atoms with E-state index in [9.17, 15) is 13.2 Å². The Kier molecular flexibility index (Phi) is 3.93. The van der Waals surface area contributed by atoms with Crippen LogP contribution >= 0.6 is 0 Å². The van der Waals surface area contributed by atoms with Crippen LogP contribution in [0.4, 0.5) is 13.2 Å². The molecule has 1 rings (SSSR count). The van der Waals surface area contributed by atoms with E-state index in [1.54, 1.807) is 19.1 Å². The normalized spacial score (nSPS) is 18.2. The summed E-state index contributed by atoms with van der Waals surface area (Å²) in [4.78, 5) is 4.57. The third-order valence-corrected chi connectivity index (χ3v) is 2.14. The van der Waals surface area contributed by atoms with E-state index < -0.39 is 12.7 Å². The minimum absolute atomic E-state index is 0.345. The lowest BCUT2D eigenvalue weighted by Gasteiger charge is -2.26. The van der Waals surface area contributed by atoms with Crippen LogP contribution in [0.25, 0.3) is 0 Å². The van der Waals surface area contributed by atoms with Gasteiger partial charge in [0.25, 0.3) is 0 Å². The number of aliphatic imine (C=N–C) groups is 1. The third kappa shape index (κ3) is 3.94. The van der Waals surface area contributed by atoms with Crippen LogP contribution in [0.5, 0.6) is 0 Å². The molecule has 1 heterocycles. The van der Waals surface area contributed by atoms with Gasteiger partial charge >= 0.3 is 6.18 Å². The van der Waals surface area contributed by atoms with E-state index >= 15 is 0 Å². The first-order valence-electron chi connectivity index (χ1n) is 4.88. The maximum atomic E-state index is 12.3. The highest BCUT2D eigenvalue weighted by molar-refractivity contribution is 5.45. The van der Waals surface area contributed by atoms with E-state index in [-0.39, 0.29) is 0 Å². The van der Waals surface area contributed by atoms with Crippen molar-refractivity contribution in [1.29, 1.82) is 0 Å². The highest BCUT2D eigenvalue weighted by atomic mass is 19.4. The van der Waals surface area contributed by atoms with Gasteiger partial charge in [-0.15, -0.1) is 0 Å². The zero-order valence-corrected chi connectivity index (χ0v) is 9.46. The van der Waals surface area contributed by atoms with Crippen molar-refractivity contribution < 1.29 is 13.2 Å². The Labute approximate surface area is 98.1 Å². The Balaban J connectivity index is 2.97. The lowest BCUT2D eigenvalue weighted by Crippen LogP contribution is -2.30. The third-order valence-electron chi connectivity index (χ3n) is 2.14. The van der Waals surface area contributed by atoms with E-state index in [2.05, 4.69) is 18.3 Å². The van der Waals surface area contributed by atoms with Gasteiger partial charge in [0.15, 0.2) is 0 Å². The number of allylic oxidation sites excluding steroid dienone is 4. The summed E-state index contributed by atoms with van der Waals surface area (Å²) < 4.78 is 37.0. The van der Waals surface area contributed by atoms with Crippen LogP contribution in [0.3, 0.4) is 0 Å². The molecule has 0 radical (unpaired) electrons. The van der Waals surface area contributed by atoms with Crippen LogP contribution in [0.15, 0.2) is 53.0 Å². The summed E-state index contributed by atoms with van der Waals surface area (Å²) in [5.41, 5.74) is 1.90. The summed E-state index contributed by atoms with van der Waals surface area (Å²) in [6.45, 7) is 7.72. The molecule has 0 aromatic rings. The summed E-state index contributed by atoms with van der Waals surface area (Å²) in [6, 6.07) is 0. The molecule has 0 unspecified atom stereocenters. The van der Waals surface area contributed by atoms with Gasteiger partial charge < -0.3 is 4.90 Å². The largest absolute Gasteiger partial charge is 0.406 e. The van der Waals surface area contributed by atoms with E-state index in [4.69, 9.17) is 0 Å². The Morgan fingerprint density at radius 3 is 2.65 bits per heavy atom. The SMILES string of the molecule is C=N/C=C1/C=C(C(=C)C)C=CN1CC(F)(F)F. The Morgan fingerprint density at radius 2 is 2.18 bits per heavy atom. The minimum Gasteiger partial charge on any atom is -0.338 e. The fourth-order valence-electron chi connectivity index (χ4n) is 1.35. The molecule has 5 heteroatoms. The van der Waals surface area contributed by atoms with E-state index in [1.807, 2.05) is 0 Å². The molecule has 0 saturated heterocycles. The fraction of sp³-hybridized carbons (Fsp3) is 0.250. The molecule has 0 aliphatic carbocycles. The number of halogens is 3. The van der Waals surface area contributed by atoms with Crippen LogP contribution in [-0.2, 0) is 0 Å². The number of nitrogens with zero attached hydrogens (tertiary/aromatic N) is 2. The second-order valence-corrected chi connectivity index (χ2v) is 3.68. The minimum atomic E-state index is -4.26. The van der Waals surface area contributed by atoms with Crippen molar-refractivity contribution in [2.75, 3.05) is 6.54 Å². The predicted molar refractivity (Wildman–Crippen MR) is 62.4 cm³/mol. The molecule has 92 valence electrons. The van der Waals surface area contributed by atoms with Gasteiger partial charge in [0, 0.05) is 12.4 Å². The Bertz CT molecular complexity index is 414. The molecule has 0 spiro atoms. The topological polar surface area (TPSA) is 15.6 Å². The van der Waals surface area contributed by atoms with Gasteiger partial charge in [0.2, 0.25) is 0 Å². The summed E-state index contributed by atoms with van der Waals surface area (Å²) >= 11 is 0. The van der Waals surface area contributed by atoms with Crippen molar-refractivity contribution in [2.45, 2.75) is 13.1 Å². The summed E-state index contributed by atoms with van der Waals surface area (Å²) in [6.07, 6.45) is 1.59. The van der Waals surface area contributed by atoms with Crippen LogP contribution in [0.2, 0.25) is 0 Å². The number of hydrogen-bond acceptors (Lipinski definition) is 2. The molecule has 0 aromatic carbocycles. The lowest BCUT2D eigenvalue weighted by atomic mass is 10.1. The molecule has 0 atom stereocenters. The Morgan fingerprint density at radius 1 is 1.53 bits per heavy atom. The van der Waals surface area contributed by atoms with E-state index in [1.165, 1.54) is 12.4 Å². The van der Waals surface area contributed by atoms with Gasteiger partial charge in [0.05, 0.1) is 5.70 Å². The first kappa shape index (κ1) is 13.3. The van der Waals surface area contributed by atoms with Gasteiger partial charge in [-0.05, 0) is 31.4 Å². The van der Waals surface area contributed by atoms with E-state index in [0.29, 0.717) is 5.70 Å². The first-order chi connectivity index (χ1) is 7.83. The molecule has 1 aliphatic heterocycles. The molecule has 0 bridgehead atoms. The van der Waals surface area contributed by atoms with Crippen LogP contribution in [0.1, 0.15) is 6.92 Å². The molecule has 0 N–H and O–H groups in total. The second-order valence-electron chi connectivity index (χ2n) is 3.68. The molecular weight excluding hydrogens is 229 g/mol. The second kappa shape index (κ2) is 5.03. The molecular formula is C12H13F3N2. The monoisotopic (exact) mass is 242 g/mol. The smallest absolute Gasteiger partial charge is 0.338 e. The first-order valence-corrected chi connectivity index (χ1v) is 4.88. The van der Waals surface area contributed by atoms with Gasteiger partial charge in [-0.1, -0.05) is 12.2 Å². The van der Waals surface area contributed by atoms with Crippen molar-refractivity contribution in [3.63, 3.8) is 0 Å². The average molecular weight is 242 g/mol. The van der Waals surface area contributed by atoms with Crippen LogP contribution in [0, 0.1) is 0 Å². The molecule has 0 saturated carbocycles. The zero-order valence-electron chi connectivity index (χ0n) is 9.46. The molecule has 0 amide bonds. The maximum absolute atomic E-state index is 12.3. The predicted octanol–water partition coefficient (Wildman–Crippen LogP) is 3.42. The molecule has 17 heavy (non-hydrogen) atoms. The summed E-state index contributed by atoms with van der Waals surface area (Å²) in [5, 5.41) is 0. The van der Waals surface area contributed by atoms with Crippen molar-refractivity contribution in [3.8, 4) is 0 Å². The van der Waals surface area contributed by atoms with Gasteiger partial charge in [-0.2, -0.15) is 13.2 Å². The van der Waals surface area contributed by atoms with Crippen molar-refractivity contribution in [1.82, 2.24) is 4.90 Å². The van der Waals surface area contributed by atoms with E-state index in [0.717, 1.165) is 16.0 Å². The maximum Gasteiger partial charge on any atom is 0.406 e. The number of hydrogen-bond donors (Lipinski definition) is 0. The summed E-state index contributed by atoms with van der Waals surface area (Å²) in [5.74, 6) is 0. The van der Waals surface area contributed by atoms with Gasteiger partial charge in [-0.25, -0.2) is 0 Å². The fourth-order valence-corrected chi connectivity index (χ4v) is 1.35. The number of alkyl halides is 3. The molecule has 0 fully saturated rings. The summed E-state index contributed by atoms with van der Waals surface area (Å²) in [7, 11) is 0. The molecule has 0 aromatic heterocycles. The quantitative estimate of drug-likeness (QED) is 0.692. The van der Waals surface area contributed by atoms with Crippen molar-refractivity contribution in [2.24, 2.45) is 4.99 Å². The highest BCUT2D eigenvalue weighted by Gasteiger charge is 2.31. The highest BCUT2D eigenvalue weighted by Crippen LogP contribution is 2.25. The van der Waals surface area contributed by atoms with Gasteiger partial charge in [-0.3, -0.25) is 4.99 Å². The zero-order chi connectivity index (χ0) is 13.1. The van der Waals surface area contributed by atoms with Gasteiger partial charge in [0.1, 0.15) is 6.54 Å². The van der Waals surface area contributed by atoms with Crippen molar-refractivity contribution >= 4 is 6.72 Å². The molecule has 2 nitrogen and oxygen atoms in total. The van der Waals surface area contributed by atoms with Crippen LogP contribution < -0.4 is 0 Å².